The standard InChI is InChI=1S/C13H18N2O4/c1-7-3-9(12(14)17)4-8(2)11(7)5-10(6-16)19-13(15)18/h3-4,10,16H,5-6H2,1-2H3,(H2,14,17)(H2,15,18)/t10-/m0/s1. The van der Waals surface area contributed by atoms with Gasteiger partial charge in [0.1, 0.15) is 6.10 Å². The Labute approximate surface area is 111 Å². The quantitative estimate of drug-likeness (QED) is 0.715. The van der Waals surface area contributed by atoms with E-state index in [1.165, 1.54) is 0 Å². The zero-order valence-corrected chi connectivity index (χ0v) is 11.0. The van der Waals surface area contributed by atoms with E-state index in [1.54, 1.807) is 12.1 Å². The van der Waals surface area contributed by atoms with E-state index >= 15 is 0 Å². The topological polar surface area (TPSA) is 116 Å². The zero-order valence-electron chi connectivity index (χ0n) is 11.0. The second kappa shape index (κ2) is 6.19. The minimum absolute atomic E-state index is 0.320. The van der Waals surface area contributed by atoms with Crippen LogP contribution in [0.5, 0.6) is 0 Å². The van der Waals surface area contributed by atoms with Gasteiger partial charge in [0.2, 0.25) is 5.91 Å². The second-order valence-electron chi connectivity index (χ2n) is 4.40. The van der Waals surface area contributed by atoms with Crippen molar-refractivity contribution in [3.8, 4) is 0 Å². The Kier molecular flexibility index (Phi) is 4.88. The van der Waals surface area contributed by atoms with Crippen LogP contribution in [-0.4, -0.2) is 29.8 Å². The van der Waals surface area contributed by atoms with Gasteiger partial charge in [-0.2, -0.15) is 0 Å². The van der Waals surface area contributed by atoms with Gasteiger partial charge in [0.15, 0.2) is 0 Å². The number of hydrogen-bond acceptors (Lipinski definition) is 4. The van der Waals surface area contributed by atoms with Crippen LogP contribution in [-0.2, 0) is 11.2 Å². The molecule has 0 unspecified atom stereocenters. The average Bonchev–Trinajstić information content (AvgIpc) is 2.31. The number of carbonyl (C=O) groups excluding carboxylic acids is 2. The summed E-state index contributed by atoms with van der Waals surface area (Å²) < 4.78 is 4.79. The summed E-state index contributed by atoms with van der Waals surface area (Å²) in [6, 6.07) is 3.34. The van der Waals surface area contributed by atoms with Crippen molar-refractivity contribution in [2.75, 3.05) is 6.61 Å². The molecule has 104 valence electrons. The minimum Gasteiger partial charge on any atom is -0.444 e. The Morgan fingerprint density at radius 2 is 1.79 bits per heavy atom. The molecule has 0 spiro atoms. The molecule has 0 bridgehead atoms. The molecule has 0 aromatic heterocycles. The van der Waals surface area contributed by atoms with Gasteiger partial charge >= 0.3 is 6.09 Å². The third kappa shape index (κ3) is 3.96. The Morgan fingerprint density at radius 3 is 2.16 bits per heavy atom. The molecule has 0 aliphatic rings. The Balaban J connectivity index is 3.01. The molecule has 0 aliphatic carbocycles. The smallest absolute Gasteiger partial charge is 0.404 e. The maximum absolute atomic E-state index is 11.1. The summed E-state index contributed by atoms with van der Waals surface area (Å²) >= 11 is 0. The molecule has 5 N–H and O–H groups in total. The highest BCUT2D eigenvalue weighted by Crippen LogP contribution is 2.19. The van der Waals surface area contributed by atoms with E-state index in [9.17, 15) is 9.59 Å². The number of nitrogens with two attached hydrogens (primary N) is 2. The van der Waals surface area contributed by atoms with Gasteiger partial charge in [-0.3, -0.25) is 4.79 Å². The highest BCUT2D eigenvalue weighted by molar-refractivity contribution is 5.93. The second-order valence-corrected chi connectivity index (χ2v) is 4.40. The molecule has 2 amide bonds. The van der Waals surface area contributed by atoms with Crippen LogP contribution in [0.2, 0.25) is 0 Å². The van der Waals surface area contributed by atoms with Gasteiger partial charge in [0, 0.05) is 12.0 Å². The largest absolute Gasteiger partial charge is 0.444 e. The van der Waals surface area contributed by atoms with Gasteiger partial charge in [-0.1, -0.05) is 0 Å². The molecule has 6 nitrogen and oxygen atoms in total. The van der Waals surface area contributed by atoms with E-state index in [-0.39, 0.29) is 6.61 Å². The van der Waals surface area contributed by atoms with Crippen molar-refractivity contribution in [3.63, 3.8) is 0 Å². The number of carbonyl (C=O) groups is 2. The summed E-state index contributed by atoms with van der Waals surface area (Å²) in [7, 11) is 0. The number of aliphatic hydroxyl groups is 1. The molecule has 1 aromatic rings. The van der Waals surface area contributed by atoms with Crippen LogP contribution < -0.4 is 11.5 Å². The van der Waals surface area contributed by atoms with Crippen molar-refractivity contribution >= 4 is 12.0 Å². The maximum atomic E-state index is 11.1. The number of benzene rings is 1. The van der Waals surface area contributed by atoms with Crippen molar-refractivity contribution in [1.82, 2.24) is 0 Å². The van der Waals surface area contributed by atoms with Crippen molar-refractivity contribution in [3.05, 3.63) is 34.4 Å². The summed E-state index contributed by atoms with van der Waals surface area (Å²) in [4.78, 5) is 21.8. The van der Waals surface area contributed by atoms with Gasteiger partial charge < -0.3 is 21.3 Å². The van der Waals surface area contributed by atoms with Crippen LogP contribution in [0.1, 0.15) is 27.0 Å². The van der Waals surface area contributed by atoms with Crippen LogP contribution in [0.4, 0.5) is 4.79 Å². The minimum atomic E-state index is -0.928. The van der Waals surface area contributed by atoms with Gasteiger partial charge in [0.05, 0.1) is 6.61 Å². The number of rotatable bonds is 5. The van der Waals surface area contributed by atoms with Gasteiger partial charge in [-0.25, -0.2) is 4.79 Å². The molecular formula is C13H18N2O4. The number of amides is 2. The summed E-state index contributed by atoms with van der Waals surface area (Å²) in [5.41, 5.74) is 13.2. The Hall–Kier alpha value is -2.08. The molecule has 0 aliphatic heterocycles. The molecule has 1 aromatic carbocycles. The third-order valence-corrected chi connectivity index (χ3v) is 2.90. The first-order valence-corrected chi connectivity index (χ1v) is 5.82. The zero-order chi connectivity index (χ0) is 14.6. The lowest BCUT2D eigenvalue weighted by molar-refractivity contribution is 0.0637. The molecule has 19 heavy (non-hydrogen) atoms. The van der Waals surface area contributed by atoms with Crippen LogP contribution in [0.25, 0.3) is 0 Å². The lowest BCUT2D eigenvalue weighted by Gasteiger charge is -2.17. The molecule has 0 fully saturated rings. The van der Waals surface area contributed by atoms with Crippen molar-refractivity contribution in [2.24, 2.45) is 11.5 Å². The fourth-order valence-electron chi connectivity index (χ4n) is 1.99. The van der Waals surface area contributed by atoms with Crippen molar-refractivity contribution in [1.29, 1.82) is 0 Å². The van der Waals surface area contributed by atoms with Crippen LogP contribution in [0.3, 0.4) is 0 Å². The summed E-state index contributed by atoms with van der Waals surface area (Å²) in [5.74, 6) is -0.496. The van der Waals surface area contributed by atoms with Crippen LogP contribution >= 0.6 is 0 Å². The lowest BCUT2D eigenvalue weighted by atomic mass is 9.95. The van der Waals surface area contributed by atoms with E-state index in [0.29, 0.717) is 12.0 Å². The van der Waals surface area contributed by atoms with E-state index in [1.807, 2.05) is 13.8 Å². The molecular weight excluding hydrogens is 248 g/mol. The highest BCUT2D eigenvalue weighted by Gasteiger charge is 2.16. The SMILES string of the molecule is Cc1cc(C(N)=O)cc(C)c1C[C@@H](CO)OC(N)=O. The molecule has 0 saturated heterocycles. The first-order chi connectivity index (χ1) is 8.85. The fourth-order valence-corrected chi connectivity index (χ4v) is 1.99. The van der Waals surface area contributed by atoms with Gasteiger partial charge in [-0.15, -0.1) is 0 Å². The molecule has 1 atom stereocenters. The van der Waals surface area contributed by atoms with Crippen molar-refractivity contribution in [2.45, 2.75) is 26.4 Å². The number of aliphatic hydroxyl groups excluding tert-OH is 1. The molecule has 0 heterocycles. The lowest BCUT2D eigenvalue weighted by Crippen LogP contribution is -2.28. The highest BCUT2D eigenvalue weighted by atomic mass is 16.6. The van der Waals surface area contributed by atoms with E-state index in [2.05, 4.69) is 0 Å². The average molecular weight is 266 g/mol. The van der Waals surface area contributed by atoms with Crippen LogP contribution in [0, 0.1) is 13.8 Å². The molecule has 0 radical (unpaired) electrons. The number of primary amides is 2. The fraction of sp³-hybridized carbons (Fsp3) is 0.385. The van der Waals surface area contributed by atoms with E-state index in [0.717, 1.165) is 16.7 Å². The van der Waals surface area contributed by atoms with Crippen molar-refractivity contribution < 1.29 is 19.4 Å². The number of ether oxygens (including phenoxy) is 1. The summed E-state index contributed by atoms with van der Waals surface area (Å²) in [6.07, 6.45) is -1.30. The molecule has 0 saturated carbocycles. The normalized spacial score (nSPS) is 11.9. The molecule has 1 rings (SSSR count). The number of aryl methyl sites for hydroxylation is 2. The predicted molar refractivity (Wildman–Crippen MR) is 69.7 cm³/mol. The first kappa shape index (κ1) is 15.0. The van der Waals surface area contributed by atoms with Crippen LogP contribution in [0.15, 0.2) is 12.1 Å². The maximum Gasteiger partial charge on any atom is 0.404 e. The van der Waals surface area contributed by atoms with E-state index in [4.69, 9.17) is 21.3 Å². The first-order valence-electron chi connectivity index (χ1n) is 5.82. The number of hydrogen-bond donors (Lipinski definition) is 3. The third-order valence-electron chi connectivity index (χ3n) is 2.90. The van der Waals surface area contributed by atoms with Gasteiger partial charge in [0.25, 0.3) is 0 Å². The Bertz CT molecular complexity index is 476. The van der Waals surface area contributed by atoms with Gasteiger partial charge in [-0.05, 0) is 42.7 Å². The predicted octanol–water partition coefficient (Wildman–Crippen LogP) is 0.401. The molecule has 6 heteroatoms. The van der Waals surface area contributed by atoms with E-state index < -0.39 is 18.1 Å². The summed E-state index contributed by atoms with van der Waals surface area (Å²) in [5, 5.41) is 9.15. The Morgan fingerprint density at radius 1 is 1.26 bits per heavy atom. The monoisotopic (exact) mass is 266 g/mol. The summed E-state index contributed by atoms with van der Waals surface area (Å²) in [6.45, 7) is 3.33.